The summed E-state index contributed by atoms with van der Waals surface area (Å²) in [7, 11) is -2.58. The van der Waals surface area contributed by atoms with Crippen molar-refractivity contribution in [2.45, 2.75) is 13.1 Å². The molecule has 3 heteroatoms. The molecular formula is C3H9FOSi. The van der Waals surface area contributed by atoms with Crippen LogP contribution in [0.5, 0.6) is 0 Å². The zero-order valence-electron chi connectivity index (χ0n) is 4.03. The van der Waals surface area contributed by atoms with Gasteiger partial charge in [-0.3, -0.25) is 0 Å². The second-order valence-corrected chi connectivity index (χ2v) is 5.63. The maximum absolute atomic E-state index is 12.0. The molecule has 0 aromatic rings. The van der Waals surface area contributed by atoms with Crippen molar-refractivity contribution in [3.8, 4) is 0 Å². The summed E-state index contributed by atoms with van der Waals surface area (Å²) in [6, 6.07) is 0. The van der Waals surface area contributed by atoms with Crippen molar-refractivity contribution >= 4 is 8.41 Å². The average Bonchev–Trinajstić information content (AvgIpc) is 1.35. The summed E-state index contributed by atoms with van der Waals surface area (Å²) in [5, 5.41) is 8.09. The molecule has 0 aliphatic heterocycles. The fraction of sp³-hybridized carbons (Fsp3) is 1.00. The quantitative estimate of drug-likeness (QED) is 0.387. The van der Waals surface area contributed by atoms with Gasteiger partial charge in [-0.2, -0.15) is 0 Å². The largest absolute Gasteiger partial charge is 0.397 e. The molecular weight excluding hydrogens is 99.1 g/mol. The molecule has 0 atom stereocenters. The van der Waals surface area contributed by atoms with Gasteiger partial charge in [-0.15, -0.1) is 0 Å². The third kappa shape index (κ3) is 4.11. The van der Waals surface area contributed by atoms with Crippen LogP contribution in [-0.4, -0.2) is 19.7 Å². The zero-order valence-corrected chi connectivity index (χ0v) is 5.03. The van der Waals surface area contributed by atoms with Crippen LogP contribution in [0.15, 0.2) is 0 Å². The molecule has 6 heavy (non-hydrogen) atoms. The summed E-state index contributed by atoms with van der Waals surface area (Å²) >= 11 is 0. The normalized spacial score (nSPS) is 12.0. The van der Waals surface area contributed by atoms with E-state index in [0.717, 1.165) is 0 Å². The predicted molar refractivity (Wildman–Crippen MR) is 25.7 cm³/mol. The molecule has 0 saturated carbocycles. The lowest BCUT2D eigenvalue weighted by Gasteiger charge is -2.01. The van der Waals surface area contributed by atoms with Gasteiger partial charge in [-0.1, -0.05) is 0 Å². The fourth-order valence-electron chi connectivity index (χ4n) is 0. The second-order valence-electron chi connectivity index (χ2n) is 1.88. The lowest BCUT2D eigenvalue weighted by Crippen LogP contribution is -2.23. The van der Waals surface area contributed by atoms with Crippen LogP contribution in [0.4, 0.5) is 4.11 Å². The van der Waals surface area contributed by atoms with E-state index in [1.807, 2.05) is 0 Å². The van der Waals surface area contributed by atoms with E-state index in [1.165, 1.54) is 13.1 Å². The van der Waals surface area contributed by atoms with Crippen LogP contribution in [0.25, 0.3) is 0 Å². The minimum Gasteiger partial charge on any atom is -0.397 e. The maximum Gasteiger partial charge on any atom is 0.265 e. The molecule has 0 heterocycles. The van der Waals surface area contributed by atoms with Crippen LogP contribution in [0.2, 0.25) is 13.1 Å². The number of hydrogen-bond donors (Lipinski definition) is 1. The van der Waals surface area contributed by atoms with Crippen LogP contribution in [-0.2, 0) is 0 Å². The first-order valence-electron chi connectivity index (χ1n) is 1.86. The highest BCUT2D eigenvalue weighted by atomic mass is 28.4. The topological polar surface area (TPSA) is 20.2 Å². The Morgan fingerprint density at radius 1 is 1.67 bits per heavy atom. The molecule has 0 aromatic heterocycles. The lowest BCUT2D eigenvalue weighted by atomic mass is 11.7. The molecule has 1 nitrogen and oxygen atoms in total. The van der Waals surface area contributed by atoms with Gasteiger partial charge in [0, 0.05) is 0 Å². The SMILES string of the molecule is C[Si](C)(F)CO. The molecule has 0 spiro atoms. The monoisotopic (exact) mass is 108 g/mol. The smallest absolute Gasteiger partial charge is 0.265 e. The van der Waals surface area contributed by atoms with E-state index >= 15 is 0 Å². The van der Waals surface area contributed by atoms with E-state index in [4.69, 9.17) is 5.11 Å². The Bertz CT molecular complexity index is 40.5. The molecule has 0 unspecified atom stereocenters. The van der Waals surface area contributed by atoms with Crippen molar-refractivity contribution in [2.24, 2.45) is 0 Å². The molecule has 1 N–H and O–H groups in total. The Labute approximate surface area is 38.0 Å². The molecule has 0 fully saturated rings. The van der Waals surface area contributed by atoms with Crippen molar-refractivity contribution in [2.75, 3.05) is 6.23 Å². The van der Waals surface area contributed by atoms with Gasteiger partial charge >= 0.3 is 0 Å². The van der Waals surface area contributed by atoms with Gasteiger partial charge in [0.1, 0.15) is 0 Å². The number of aliphatic hydroxyl groups excluding tert-OH is 1. The standard InChI is InChI=1S/C3H9FOSi/c1-6(2,4)3-5/h5H,3H2,1-2H3. The van der Waals surface area contributed by atoms with Crippen LogP contribution in [0.3, 0.4) is 0 Å². The Balaban J connectivity index is 3.17. The minimum atomic E-state index is -2.58. The summed E-state index contributed by atoms with van der Waals surface area (Å²) in [4.78, 5) is 0. The third-order valence-electron chi connectivity index (χ3n) is 0.376. The highest BCUT2D eigenvalue weighted by Crippen LogP contribution is 1.98. The molecule has 0 aliphatic rings. The first-order valence-corrected chi connectivity index (χ1v) is 4.94. The number of aliphatic hydroxyl groups is 1. The molecule has 0 aliphatic carbocycles. The number of halogens is 1. The third-order valence-corrected chi connectivity index (χ3v) is 1.13. The lowest BCUT2D eigenvalue weighted by molar-refractivity contribution is 0.347. The fourth-order valence-corrected chi connectivity index (χ4v) is 0. The van der Waals surface area contributed by atoms with Crippen molar-refractivity contribution < 1.29 is 9.21 Å². The highest BCUT2D eigenvalue weighted by Gasteiger charge is 2.17. The van der Waals surface area contributed by atoms with Gasteiger partial charge in [-0.05, 0) is 13.1 Å². The summed E-state index contributed by atoms with van der Waals surface area (Å²) < 4.78 is 12.0. The van der Waals surface area contributed by atoms with Gasteiger partial charge in [0.25, 0.3) is 8.41 Å². The van der Waals surface area contributed by atoms with Crippen LogP contribution < -0.4 is 0 Å². The second kappa shape index (κ2) is 1.71. The summed E-state index contributed by atoms with van der Waals surface area (Å²) in [6.07, 6.45) is -0.257. The van der Waals surface area contributed by atoms with Gasteiger partial charge in [-0.25, -0.2) is 0 Å². The molecule has 0 aromatic carbocycles. The summed E-state index contributed by atoms with van der Waals surface area (Å²) in [5.41, 5.74) is 0. The van der Waals surface area contributed by atoms with Gasteiger partial charge in [0.05, 0.1) is 6.23 Å². The van der Waals surface area contributed by atoms with Crippen LogP contribution in [0, 0.1) is 0 Å². The van der Waals surface area contributed by atoms with Crippen molar-refractivity contribution in [1.82, 2.24) is 0 Å². The van der Waals surface area contributed by atoms with Gasteiger partial charge < -0.3 is 9.21 Å². The Morgan fingerprint density at radius 3 is 1.83 bits per heavy atom. The van der Waals surface area contributed by atoms with Crippen molar-refractivity contribution in [3.63, 3.8) is 0 Å². The van der Waals surface area contributed by atoms with E-state index in [2.05, 4.69) is 0 Å². The van der Waals surface area contributed by atoms with E-state index in [1.54, 1.807) is 0 Å². The Morgan fingerprint density at radius 2 is 1.83 bits per heavy atom. The van der Waals surface area contributed by atoms with E-state index < -0.39 is 8.41 Å². The first-order chi connectivity index (χ1) is 2.56. The zero-order chi connectivity index (χ0) is 5.21. The molecule has 0 amide bonds. The first kappa shape index (κ1) is 6.11. The van der Waals surface area contributed by atoms with E-state index in [0.29, 0.717) is 0 Å². The Kier molecular flexibility index (Phi) is 1.74. The molecule has 0 bridgehead atoms. The van der Waals surface area contributed by atoms with E-state index in [-0.39, 0.29) is 6.23 Å². The van der Waals surface area contributed by atoms with Crippen LogP contribution >= 0.6 is 0 Å². The van der Waals surface area contributed by atoms with Crippen LogP contribution in [0.1, 0.15) is 0 Å². The number of hydrogen-bond acceptors (Lipinski definition) is 1. The highest BCUT2D eigenvalue weighted by molar-refractivity contribution is 6.70. The van der Waals surface area contributed by atoms with E-state index in [9.17, 15) is 4.11 Å². The average molecular weight is 108 g/mol. The van der Waals surface area contributed by atoms with Crippen molar-refractivity contribution in [1.29, 1.82) is 0 Å². The minimum absolute atomic E-state index is 0.257. The number of rotatable bonds is 1. The molecule has 0 saturated heterocycles. The molecule has 0 rings (SSSR count). The molecule has 38 valence electrons. The summed E-state index contributed by atoms with van der Waals surface area (Å²) in [5.74, 6) is 0. The van der Waals surface area contributed by atoms with Gasteiger partial charge in [0.2, 0.25) is 0 Å². The van der Waals surface area contributed by atoms with Gasteiger partial charge in [0.15, 0.2) is 0 Å². The van der Waals surface area contributed by atoms with Crippen molar-refractivity contribution in [3.05, 3.63) is 0 Å². The maximum atomic E-state index is 12.0. The molecule has 0 radical (unpaired) electrons. The predicted octanol–water partition coefficient (Wildman–Crippen LogP) is 0.692. The Hall–Kier alpha value is 0.107. The summed E-state index contributed by atoms with van der Waals surface area (Å²) in [6.45, 7) is 2.93.